The molecule has 0 unspecified atom stereocenters. The molecular formula is C16H23ClN2. The predicted octanol–water partition coefficient (Wildman–Crippen LogP) is 5.23. The highest BCUT2D eigenvalue weighted by molar-refractivity contribution is 6.30. The molecule has 1 aromatic rings. The van der Waals surface area contributed by atoms with Crippen LogP contribution in [0, 0.1) is 17.2 Å². The Bertz CT molecular complexity index is 421. The minimum absolute atomic E-state index is 0.607. The maximum atomic E-state index is 9.02. The first-order chi connectivity index (χ1) is 9.13. The molecule has 1 rings (SSSR count). The lowest BCUT2D eigenvalue weighted by molar-refractivity contribution is 0.523. The van der Waals surface area contributed by atoms with Crippen molar-refractivity contribution in [3.63, 3.8) is 0 Å². The summed E-state index contributed by atoms with van der Waals surface area (Å²) in [5, 5.41) is 12.9. The van der Waals surface area contributed by atoms with Gasteiger partial charge >= 0.3 is 0 Å². The van der Waals surface area contributed by atoms with E-state index in [-0.39, 0.29) is 0 Å². The number of halogens is 1. The Morgan fingerprint density at radius 1 is 1.21 bits per heavy atom. The number of benzene rings is 1. The van der Waals surface area contributed by atoms with Gasteiger partial charge < -0.3 is 5.32 Å². The minimum atomic E-state index is 0.607. The first kappa shape index (κ1) is 15.9. The number of nitrogens with zero attached hydrogens (tertiary/aromatic N) is 1. The van der Waals surface area contributed by atoms with Gasteiger partial charge in [-0.05, 0) is 30.5 Å². The van der Waals surface area contributed by atoms with Gasteiger partial charge in [0.1, 0.15) is 6.07 Å². The van der Waals surface area contributed by atoms with Crippen LogP contribution in [0.4, 0.5) is 5.69 Å². The highest BCUT2D eigenvalue weighted by Gasteiger charge is 2.02. The first-order valence-electron chi connectivity index (χ1n) is 7.07. The monoisotopic (exact) mass is 278 g/mol. The van der Waals surface area contributed by atoms with E-state index in [4.69, 9.17) is 16.9 Å². The minimum Gasteiger partial charge on any atom is -0.384 e. The largest absolute Gasteiger partial charge is 0.384 e. The van der Waals surface area contributed by atoms with Gasteiger partial charge in [-0.25, -0.2) is 0 Å². The van der Waals surface area contributed by atoms with Crippen LogP contribution >= 0.6 is 11.6 Å². The molecule has 0 saturated heterocycles. The van der Waals surface area contributed by atoms with Crippen molar-refractivity contribution >= 4 is 17.3 Å². The third-order valence-electron chi connectivity index (χ3n) is 3.13. The molecule has 0 saturated carbocycles. The molecule has 104 valence electrons. The number of nitriles is 1. The Morgan fingerprint density at radius 3 is 2.63 bits per heavy atom. The van der Waals surface area contributed by atoms with Crippen LogP contribution < -0.4 is 5.32 Å². The Kier molecular flexibility index (Phi) is 7.36. The smallest absolute Gasteiger partial charge is 0.101 e. The highest BCUT2D eigenvalue weighted by atomic mass is 35.5. The molecule has 0 aliphatic rings. The van der Waals surface area contributed by atoms with E-state index in [1.807, 2.05) is 12.1 Å². The van der Waals surface area contributed by atoms with Crippen molar-refractivity contribution in [3.8, 4) is 6.07 Å². The Balaban J connectivity index is 2.21. The summed E-state index contributed by atoms with van der Waals surface area (Å²) < 4.78 is 0. The van der Waals surface area contributed by atoms with E-state index in [1.54, 1.807) is 6.07 Å². The standard InChI is InChI=1S/C16H23ClN2/c1-13(2)7-5-3-4-6-10-19-16-9-8-15(17)11-14(16)12-18/h8-9,11,13,19H,3-7,10H2,1-2H3. The molecule has 0 radical (unpaired) electrons. The van der Waals surface area contributed by atoms with Crippen LogP contribution in [0.1, 0.15) is 51.5 Å². The van der Waals surface area contributed by atoms with Crippen LogP contribution in [0.3, 0.4) is 0 Å². The number of hydrogen-bond acceptors (Lipinski definition) is 2. The van der Waals surface area contributed by atoms with Crippen molar-refractivity contribution in [2.24, 2.45) is 5.92 Å². The third kappa shape index (κ3) is 6.50. The van der Waals surface area contributed by atoms with E-state index in [1.165, 1.54) is 25.7 Å². The molecular weight excluding hydrogens is 256 g/mol. The fourth-order valence-corrected chi connectivity index (χ4v) is 2.19. The van der Waals surface area contributed by atoms with Crippen molar-refractivity contribution in [3.05, 3.63) is 28.8 Å². The van der Waals surface area contributed by atoms with Gasteiger partial charge in [0.15, 0.2) is 0 Å². The quantitative estimate of drug-likeness (QED) is 0.661. The summed E-state index contributed by atoms with van der Waals surface area (Å²) in [5.74, 6) is 0.811. The highest BCUT2D eigenvalue weighted by Crippen LogP contribution is 2.20. The number of nitrogens with one attached hydrogen (secondary N) is 1. The zero-order valence-electron chi connectivity index (χ0n) is 11.9. The van der Waals surface area contributed by atoms with Gasteiger partial charge in [-0.3, -0.25) is 0 Å². The van der Waals surface area contributed by atoms with E-state index < -0.39 is 0 Å². The lowest BCUT2D eigenvalue weighted by atomic mass is 10.0. The summed E-state index contributed by atoms with van der Waals surface area (Å²) in [7, 11) is 0. The van der Waals surface area contributed by atoms with Crippen LogP contribution in [0.2, 0.25) is 5.02 Å². The third-order valence-corrected chi connectivity index (χ3v) is 3.36. The fourth-order valence-electron chi connectivity index (χ4n) is 2.02. The fraction of sp³-hybridized carbons (Fsp3) is 0.562. The van der Waals surface area contributed by atoms with Gasteiger partial charge in [-0.15, -0.1) is 0 Å². The Hall–Kier alpha value is -1.20. The van der Waals surface area contributed by atoms with Gasteiger partial charge in [0.2, 0.25) is 0 Å². The van der Waals surface area contributed by atoms with Gasteiger partial charge in [-0.1, -0.05) is 51.1 Å². The molecule has 0 amide bonds. The molecule has 0 bridgehead atoms. The molecule has 0 spiro atoms. The molecule has 1 aromatic carbocycles. The second-order valence-corrected chi connectivity index (χ2v) is 5.76. The number of rotatable bonds is 8. The average Bonchev–Trinajstić information content (AvgIpc) is 2.38. The summed E-state index contributed by atoms with van der Waals surface area (Å²) in [5.41, 5.74) is 1.50. The SMILES string of the molecule is CC(C)CCCCCCNc1ccc(Cl)cc1C#N. The molecule has 2 nitrogen and oxygen atoms in total. The maximum Gasteiger partial charge on any atom is 0.101 e. The number of unbranched alkanes of at least 4 members (excludes halogenated alkanes) is 3. The Morgan fingerprint density at radius 2 is 1.95 bits per heavy atom. The summed E-state index contributed by atoms with van der Waals surface area (Å²) in [4.78, 5) is 0. The molecule has 0 fully saturated rings. The summed E-state index contributed by atoms with van der Waals surface area (Å²) in [6.45, 7) is 5.45. The van der Waals surface area contributed by atoms with Crippen LogP contribution in [-0.4, -0.2) is 6.54 Å². The lowest BCUT2D eigenvalue weighted by Gasteiger charge is -2.08. The topological polar surface area (TPSA) is 35.8 Å². The van der Waals surface area contributed by atoms with E-state index >= 15 is 0 Å². The molecule has 19 heavy (non-hydrogen) atoms. The van der Waals surface area contributed by atoms with Gasteiger partial charge in [0, 0.05) is 11.6 Å². The van der Waals surface area contributed by atoms with Crippen LogP contribution in [0.15, 0.2) is 18.2 Å². The number of hydrogen-bond donors (Lipinski definition) is 1. The number of anilines is 1. The maximum absolute atomic E-state index is 9.02. The molecule has 0 aliphatic carbocycles. The van der Waals surface area contributed by atoms with Crippen molar-refractivity contribution in [2.75, 3.05) is 11.9 Å². The lowest BCUT2D eigenvalue weighted by Crippen LogP contribution is -2.03. The molecule has 0 aliphatic heterocycles. The Labute approximate surface area is 121 Å². The summed E-state index contributed by atoms with van der Waals surface area (Å²) in [6.07, 6.45) is 6.33. The molecule has 1 N–H and O–H groups in total. The summed E-state index contributed by atoms with van der Waals surface area (Å²) >= 11 is 5.86. The van der Waals surface area contributed by atoms with E-state index in [0.29, 0.717) is 10.6 Å². The van der Waals surface area contributed by atoms with Crippen LogP contribution in [0.5, 0.6) is 0 Å². The molecule has 0 heterocycles. The van der Waals surface area contributed by atoms with Crippen molar-refractivity contribution < 1.29 is 0 Å². The zero-order valence-corrected chi connectivity index (χ0v) is 12.6. The van der Waals surface area contributed by atoms with Gasteiger partial charge in [-0.2, -0.15) is 5.26 Å². The zero-order chi connectivity index (χ0) is 14.1. The normalized spacial score (nSPS) is 10.5. The molecule has 3 heteroatoms. The van der Waals surface area contributed by atoms with Crippen molar-refractivity contribution in [1.29, 1.82) is 5.26 Å². The second kappa shape index (κ2) is 8.82. The predicted molar refractivity (Wildman–Crippen MR) is 82.6 cm³/mol. The average molecular weight is 279 g/mol. The van der Waals surface area contributed by atoms with Gasteiger partial charge in [0.05, 0.1) is 11.3 Å². The van der Waals surface area contributed by atoms with E-state index in [0.717, 1.165) is 24.6 Å². The second-order valence-electron chi connectivity index (χ2n) is 5.33. The van der Waals surface area contributed by atoms with Crippen molar-refractivity contribution in [1.82, 2.24) is 0 Å². The molecule has 0 aromatic heterocycles. The molecule has 0 atom stereocenters. The first-order valence-corrected chi connectivity index (χ1v) is 7.45. The summed E-state index contributed by atoms with van der Waals surface area (Å²) in [6, 6.07) is 7.55. The van der Waals surface area contributed by atoms with Crippen LogP contribution in [-0.2, 0) is 0 Å². The van der Waals surface area contributed by atoms with Gasteiger partial charge in [0.25, 0.3) is 0 Å². The van der Waals surface area contributed by atoms with Crippen LogP contribution in [0.25, 0.3) is 0 Å². The van der Waals surface area contributed by atoms with Crippen molar-refractivity contribution in [2.45, 2.75) is 46.0 Å². The van der Waals surface area contributed by atoms with E-state index in [9.17, 15) is 0 Å². The van der Waals surface area contributed by atoms with E-state index in [2.05, 4.69) is 25.2 Å².